The maximum absolute atomic E-state index is 6.03. The van der Waals surface area contributed by atoms with Gasteiger partial charge in [-0.3, -0.25) is 0 Å². The van der Waals surface area contributed by atoms with Gasteiger partial charge in [-0.2, -0.15) is 0 Å². The van der Waals surface area contributed by atoms with Gasteiger partial charge in [0.05, 0.1) is 5.02 Å². The first-order valence-electron chi connectivity index (χ1n) is 4.26. The molecule has 1 aromatic carbocycles. The van der Waals surface area contributed by atoms with Crippen LogP contribution in [0, 0.1) is 6.92 Å². The first-order chi connectivity index (χ1) is 7.09. The molecule has 3 nitrogen and oxygen atoms in total. The highest BCUT2D eigenvalue weighted by Crippen LogP contribution is 2.33. The molecule has 15 heavy (non-hydrogen) atoms. The molecule has 0 amide bonds. The Bertz CT molecular complexity index is 508. The minimum atomic E-state index is 0.371. The molecule has 2 aromatic rings. The van der Waals surface area contributed by atoms with E-state index in [2.05, 4.69) is 5.16 Å². The van der Waals surface area contributed by atoms with Gasteiger partial charge in [0.2, 0.25) is 0 Å². The topological polar surface area (TPSA) is 52.0 Å². The normalized spacial score (nSPS) is 10.6. The smallest absolute Gasteiger partial charge is 0.173 e. The molecule has 0 saturated carbocycles. The molecule has 0 aliphatic carbocycles. The number of rotatable bonds is 1. The lowest BCUT2D eigenvalue weighted by Gasteiger charge is -2.01. The molecule has 78 valence electrons. The second-order valence-electron chi connectivity index (χ2n) is 3.15. The quantitative estimate of drug-likeness (QED) is 0.833. The molecular weight excluding hydrogens is 235 g/mol. The number of hydrogen-bond acceptors (Lipinski definition) is 3. The summed E-state index contributed by atoms with van der Waals surface area (Å²) in [6.45, 7) is 1.83. The van der Waals surface area contributed by atoms with Crippen LogP contribution < -0.4 is 5.73 Å². The minimum absolute atomic E-state index is 0.371. The van der Waals surface area contributed by atoms with Crippen LogP contribution in [0.2, 0.25) is 10.0 Å². The van der Waals surface area contributed by atoms with Crippen LogP contribution in [0.4, 0.5) is 5.82 Å². The van der Waals surface area contributed by atoms with E-state index in [0.29, 0.717) is 21.6 Å². The third-order valence-electron chi connectivity index (χ3n) is 2.14. The van der Waals surface area contributed by atoms with Crippen molar-refractivity contribution in [1.82, 2.24) is 5.16 Å². The Balaban J connectivity index is 2.59. The highest BCUT2D eigenvalue weighted by Gasteiger charge is 2.14. The summed E-state index contributed by atoms with van der Waals surface area (Å²) in [5, 5.41) is 4.76. The summed E-state index contributed by atoms with van der Waals surface area (Å²) in [7, 11) is 0. The van der Waals surface area contributed by atoms with Gasteiger partial charge >= 0.3 is 0 Å². The maximum Gasteiger partial charge on any atom is 0.173 e. The maximum atomic E-state index is 6.03. The Kier molecular flexibility index (Phi) is 2.59. The van der Waals surface area contributed by atoms with Crippen molar-refractivity contribution in [2.75, 3.05) is 5.73 Å². The number of aromatic nitrogens is 1. The number of halogens is 2. The molecule has 5 heteroatoms. The Morgan fingerprint density at radius 1 is 1.33 bits per heavy atom. The highest BCUT2D eigenvalue weighted by molar-refractivity contribution is 6.36. The fraction of sp³-hybridized carbons (Fsp3) is 0.100. The summed E-state index contributed by atoms with van der Waals surface area (Å²) in [5.74, 6) is 0.949. The SMILES string of the molecule is Cc1c(N)noc1-c1ccc(Cl)cc1Cl. The predicted octanol–water partition coefficient (Wildman–Crippen LogP) is 3.54. The Labute approximate surface area is 96.8 Å². The summed E-state index contributed by atoms with van der Waals surface area (Å²) in [6.07, 6.45) is 0. The van der Waals surface area contributed by atoms with Gasteiger partial charge in [-0.25, -0.2) is 0 Å². The molecule has 0 aliphatic rings. The third kappa shape index (κ3) is 1.80. The molecule has 0 unspecified atom stereocenters. The second-order valence-corrected chi connectivity index (χ2v) is 3.99. The molecule has 0 atom stereocenters. The van der Waals surface area contributed by atoms with E-state index in [1.54, 1.807) is 18.2 Å². The minimum Gasteiger partial charge on any atom is -0.381 e. The molecule has 0 aliphatic heterocycles. The average Bonchev–Trinajstić information content (AvgIpc) is 2.49. The van der Waals surface area contributed by atoms with Gasteiger partial charge in [-0.1, -0.05) is 28.4 Å². The number of nitrogens with zero attached hydrogens (tertiary/aromatic N) is 1. The molecule has 0 spiro atoms. The van der Waals surface area contributed by atoms with Crippen molar-refractivity contribution in [3.8, 4) is 11.3 Å². The van der Waals surface area contributed by atoms with Crippen LogP contribution in [-0.2, 0) is 0 Å². The summed E-state index contributed by atoms with van der Waals surface area (Å²) in [4.78, 5) is 0. The molecule has 0 saturated heterocycles. The summed E-state index contributed by atoms with van der Waals surface area (Å²) in [5.41, 5.74) is 7.10. The fourth-order valence-electron chi connectivity index (χ4n) is 1.27. The van der Waals surface area contributed by atoms with Crippen LogP contribution >= 0.6 is 23.2 Å². The lowest BCUT2D eigenvalue weighted by atomic mass is 10.1. The van der Waals surface area contributed by atoms with Gasteiger partial charge in [0.15, 0.2) is 11.6 Å². The van der Waals surface area contributed by atoms with Crippen molar-refractivity contribution >= 4 is 29.0 Å². The highest BCUT2D eigenvalue weighted by atomic mass is 35.5. The second kappa shape index (κ2) is 3.76. The van der Waals surface area contributed by atoms with Crippen molar-refractivity contribution in [2.45, 2.75) is 6.92 Å². The molecule has 0 bridgehead atoms. The summed E-state index contributed by atoms with van der Waals surface area (Å²) in [6, 6.07) is 5.16. The molecule has 0 fully saturated rings. The van der Waals surface area contributed by atoms with E-state index < -0.39 is 0 Å². The van der Waals surface area contributed by atoms with E-state index in [4.69, 9.17) is 33.5 Å². The summed E-state index contributed by atoms with van der Waals surface area (Å²) < 4.78 is 5.10. The van der Waals surface area contributed by atoms with E-state index in [-0.39, 0.29) is 0 Å². The van der Waals surface area contributed by atoms with Crippen LogP contribution in [0.1, 0.15) is 5.56 Å². The zero-order valence-corrected chi connectivity index (χ0v) is 9.43. The fourth-order valence-corrected chi connectivity index (χ4v) is 1.77. The van der Waals surface area contributed by atoms with Crippen molar-refractivity contribution in [1.29, 1.82) is 0 Å². The lowest BCUT2D eigenvalue weighted by molar-refractivity contribution is 0.435. The third-order valence-corrected chi connectivity index (χ3v) is 2.68. The Morgan fingerprint density at radius 3 is 2.60 bits per heavy atom. The lowest BCUT2D eigenvalue weighted by Crippen LogP contribution is -1.86. The van der Waals surface area contributed by atoms with Crippen LogP contribution in [0.25, 0.3) is 11.3 Å². The zero-order chi connectivity index (χ0) is 11.0. The van der Waals surface area contributed by atoms with Crippen LogP contribution in [-0.4, -0.2) is 5.16 Å². The Morgan fingerprint density at radius 2 is 2.07 bits per heavy atom. The van der Waals surface area contributed by atoms with E-state index in [1.165, 1.54) is 0 Å². The van der Waals surface area contributed by atoms with Crippen molar-refractivity contribution in [3.63, 3.8) is 0 Å². The number of anilines is 1. The number of nitrogen functional groups attached to an aromatic ring is 1. The molecule has 0 radical (unpaired) electrons. The van der Waals surface area contributed by atoms with Gasteiger partial charge in [-0.05, 0) is 25.1 Å². The standard InChI is InChI=1S/C10H8Cl2N2O/c1-5-9(15-14-10(5)13)7-3-2-6(11)4-8(7)12/h2-4H,1H3,(H2,13,14). The monoisotopic (exact) mass is 242 g/mol. The van der Waals surface area contributed by atoms with Crippen LogP contribution in [0.3, 0.4) is 0 Å². The summed E-state index contributed by atoms with van der Waals surface area (Å²) >= 11 is 11.8. The average molecular weight is 243 g/mol. The van der Waals surface area contributed by atoms with Gasteiger partial charge in [0.25, 0.3) is 0 Å². The first-order valence-corrected chi connectivity index (χ1v) is 5.02. The van der Waals surface area contributed by atoms with E-state index in [1.807, 2.05) is 6.92 Å². The Hall–Kier alpha value is -1.19. The zero-order valence-electron chi connectivity index (χ0n) is 7.92. The van der Waals surface area contributed by atoms with Gasteiger partial charge < -0.3 is 10.3 Å². The largest absolute Gasteiger partial charge is 0.381 e. The van der Waals surface area contributed by atoms with Crippen molar-refractivity contribution in [2.24, 2.45) is 0 Å². The van der Waals surface area contributed by atoms with Gasteiger partial charge in [0.1, 0.15) is 0 Å². The van der Waals surface area contributed by atoms with E-state index in [9.17, 15) is 0 Å². The first kappa shape index (κ1) is 10.3. The van der Waals surface area contributed by atoms with E-state index in [0.717, 1.165) is 11.1 Å². The van der Waals surface area contributed by atoms with Crippen molar-refractivity contribution in [3.05, 3.63) is 33.8 Å². The number of benzene rings is 1. The van der Waals surface area contributed by atoms with Crippen LogP contribution in [0.5, 0.6) is 0 Å². The molecule has 2 rings (SSSR count). The van der Waals surface area contributed by atoms with Gasteiger partial charge in [0, 0.05) is 16.1 Å². The number of hydrogen-bond donors (Lipinski definition) is 1. The van der Waals surface area contributed by atoms with Crippen LogP contribution in [0.15, 0.2) is 22.7 Å². The van der Waals surface area contributed by atoms with E-state index >= 15 is 0 Å². The molecule has 1 aromatic heterocycles. The molecule has 1 heterocycles. The van der Waals surface area contributed by atoms with Crippen molar-refractivity contribution < 1.29 is 4.52 Å². The molecule has 2 N–H and O–H groups in total. The molecular formula is C10H8Cl2N2O. The predicted molar refractivity (Wildman–Crippen MR) is 61.1 cm³/mol. The van der Waals surface area contributed by atoms with Gasteiger partial charge in [-0.15, -0.1) is 0 Å². The number of nitrogens with two attached hydrogens (primary N) is 1.